The first-order chi connectivity index (χ1) is 6.96. The van der Waals surface area contributed by atoms with Gasteiger partial charge in [-0.25, -0.2) is 9.89 Å². The fourth-order valence-electron chi connectivity index (χ4n) is 1.93. The molecule has 1 aromatic rings. The molecule has 0 saturated heterocycles. The van der Waals surface area contributed by atoms with E-state index in [0.717, 1.165) is 18.9 Å². The molecule has 2 heterocycles. The lowest BCUT2D eigenvalue weighted by molar-refractivity contribution is 0.180. The lowest BCUT2D eigenvalue weighted by atomic mass is 10.1. The predicted molar refractivity (Wildman–Crippen MR) is 63.6 cm³/mol. The molecule has 0 radical (unpaired) electrons. The van der Waals surface area contributed by atoms with Crippen molar-refractivity contribution in [2.24, 2.45) is 5.73 Å². The Hall–Kier alpha value is -0.850. The molecule has 1 aliphatic rings. The Morgan fingerprint density at radius 3 is 2.81 bits per heavy atom. The van der Waals surface area contributed by atoms with E-state index in [4.69, 9.17) is 5.73 Å². The van der Waals surface area contributed by atoms with Crippen LogP contribution in [-0.4, -0.2) is 38.3 Å². The molecule has 16 heavy (non-hydrogen) atoms. The minimum absolute atomic E-state index is 0. The summed E-state index contributed by atoms with van der Waals surface area (Å²) in [6, 6.07) is 0. The molecule has 0 aromatic carbocycles. The summed E-state index contributed by atoms with van der Waals surface area (Å²) in [6.07, 6.45) is 0. The highest BCUT2D eigenvalue weighted by molar-refractivity contribution is 5.85. The second kappa shape index (κ2) is 4.57. The first kappa shape index (κ1) is 13.2. The van der Waals surface area contributed by atoms with Gasteiger partial charge in [-0.15, -0.1) is 12.4 Å². The summed E-state index contributed by atoms with van der Waals surface area (Å²) in [6.45, 7) is 7.06. The first-order valence-electron chi connectivity index (χ1n) is 5.11. The van der Waals surface area contributed by atoms with E-state index in [9.17, 15) is 4.79 Å². The van der Waals surface area contributed by atoms with Gasteiger partial charge in [0, 0.05) is 25.2 Å². The van der Waals surface area contributed by atoms with Crippen LogP contribution in [0.2, 0.25) is 0 Å². The summed E-state index contributed by atoms with van der Waals surface area (Å²) >= 11 is 0. The maximum atomic E-state index is 11.3. The van der Waals surface area contributed by atoms with Gasteiger partial charge in [0.15, 0.2) is 0 Å². The fraction of sp³-hybridized carbons (Fsp3) is 0.778. The molecular formula is C9H18ClN5O. The number of hydrogen-bond donors (Lipinski definition) is 2. The molecule has 1 aliphatic heterocycles. The highest BCUT2D eigenvalue weighted by atomic mass is 35.5. The van der Waals surface area contributed by atoms with Gasteiger partial charge in [0.05, 0.1) is 6.54 Å². The summed E-state index contributed by atoms with van der Waals surface area (Å²) in [5.41, 5.74) is 5.63. The Morgan fingerprint density at radius 2 is 2.19 bits per heavy atom. The van der Waals surface area contributed by atoms with E-state index < -0.39 is 0 Å². The average Bonchev–Trinajstić information content (AvgIpc) is 2.45. The third-order valence-electron chi connectivity index (χ3n) is 2.47. The van der Waals surface area contributed by atoms with Crippen molar-refractivity contribution in [2.45, 2.75) is 32.5 Å². The van der Waals surface area contributed by atoms with E-state index >= 15 is 0 Å². The summed E-state index contributed by atoms with van der Waals surface area (Å²) < 4.78 is 1.68. The Labute approximate surface area is 100 Å². The Balaban J connectivity index is 0.00000128. The number of aromatic nitrogens is 3. The van der Waals surface area contributed by atoms with Crippen molar-refractivity contribution in [3.63, 3.8) is 0 Å². The van der Waals surface area contributed by atoms with Crippen LogP contribution in [0.1, 0.15) is 19.7 Å². The molecule has 7 heteroatoms. The van der Waals surface area contributed by atoms with Crippen molar-refractivity contribution in [1.82, 2.24) is 19.7 Å². The SMILES string of the molecule is CC(C)(N)CN1CCn2c(n[nH]c2=O)C1.Cl. The highest BCUT2D eigenvalue weighted by Gasteiger charge is 2.23. The smallest absolute Gasteiger partial charge is 0.324 e. The minimum Gasteiger partial charge on any atom is -0.324 e. The third kappa shape index (κ3) is 2.84. The average molecular weight is 248 g/mol. The number of fused-ring (bicyclic) bond motifs is 1. The molecule has 2 rings (SSSR count). The van der Waals surface area contributed by atoms with Crippen molar-refractivity contribution < 1.29 is 0 Å². The fourth-order valence-corrected chi connectivity index (χ4v) is 1.93. The molecule has 6 nitrogen and oxygen atoms in total. The monoisotopic (exact) mass is 247 g/mol. The molecule has 0 amide bonds. The number of hydrogen-bond acceptors (Lipinski definition) is 4. The van der Waals surface area contributed by atoms with Gasteiger partial charge in [-0.1, -0.05) is 0 Å². The topological polar surface area (TPSA) is 79.9 Å². The lowest BCUT2D eigenvalue weighted by Crippen LogP contribution is -2.48. The molecule has 92 valence electrons. The van der Waals surface area contributed by atoms with Crippen molar-refractivity contribution in [1.29, 1.82) is 0 Å². The summed E-state index contributed by atoms with van der Waals surface area (Å²) in [4.78, 5) is 13.5. The Morgan fingerprint density at radius 1 is 1.50 bits per heavy atom. The maximum absolute atomic E-state index is 11.3. The molecule has 0 unspecified atom stereocenters. The van der Waals surface area contributed by atoms with Gasteiger partial charge in [0.25, 0.3) is 0 Å². The molecule has 1 aromatic heterocycles. The zero-order valence-electron chi connectivity index (χ0n) is 9.56. The largest absolute Gasteiger partial charge is 0.343 e. The molecule has 0 aliphatic carbocycles. The summed E-state index contributed by atoms with van der Waals surface area (Å²) in [5, 5.41) is 6.44. The Kier molecular flexibility index (Phi) is 3.77. The van der Waals surface area contributed by atoms with Gasteiger partial charge in [0.2, 0.25) is 0 Å². The zero-order chi connectivity index (χ0) is 11.1. The van der Waals surface area contributed by atoms with Crippen LogP contribution in [0.3, 0.4) is 0 Å². The predicted octanol–water partition coefficient (Wildman–Crippen LogP) is -0.454. The second-order valence-corrected chi connectivity index (χ2v) is 4.80. The summed E-state index contributed by atoms with van der Waals surface area (Å²) in [5.74, 6) is 0.801. The molecule has 0 atom stereocenters. The zero-order valence-corrected chi connectivity index (χ0v) is 10.4. The van der Waals surface area contributed by atoms with Gasteiger partial charge in [-0.3, -0.25) is 9.47 Å². The number of H-pyrrole nitrogens is 1. The van der Waals surface area contributed by atoms with Crippen LogP contribution in [0, 0.1) is 0 Å². The normalized spacial score (nSPS) is 16.7. The molecule has 0 spiro atoms. The molecular weight excluding hydrogens is 230 g/mol. The number of aromatic amines is 1. The highest BCUT2D eigenvalue weighted by Crippen LogP contribution is 2.10. The van der Waals surface area contributed by atoms with Crippen LogP contribution in [0.5, 0.6) is 0 Å². The standard InChI is InChI=1S/C9H17N5O.ClH/c1-9(2,10)6-13-3-4-14-7(5-13)11-12-8(14)15;/h3-6,10H2,1-2H3,(H,12,15);1H. The van der Waals surface area contributed by atoms with Crippen LogP contribution in [0.15, 0.2) is 4.79 Å². The number of nitrogens with zero attached hydrogens (tertiary/aromatic N) is 3. The number of nitrogens with one attached hydrogen (secondary N) is 1. The summed E-state index contributed by atoms with van der Waals surface area (Å²) in [7, 11) is 0. The lowest BCUT2D eigenvalue weighted by Gasteiger charge is -2.32. The van der Waals surface area contributed by atoms with Crippen LogP contribution in [0.25, 0.3) is 0 Å². The van der Waals surface area contributed by atoms with E-state index in [1.165, 1.54) is 0 Å². The van der Waals surface area contributed by atoms with Crippen LogP contribution >= 0.6 is 12.4 Å². The van der Waals surface area contributed by atoms with Crippen LogP contribution in [-0.2, 0) is 13.1 Å². The quantitative estimate of drug-likeness (QED) is 0.742. The van der Waals surface area contributed by atoms with Crippen LogP contribution < -0.4 is 11.4 Å². The van der Waals surface area contributed by atoms with Crippen molar-refractivity contribution in [2.75, 3.05) is 13.1 Å². The first-order valence-corrected chi connectivity index (χ1v) is 5.11. The van der Waals surface area contributed by atoms with Crippen molar-refractivity contribution >= 4 is 12.4 Å². The maximum Gasteiger partial charge on any atom is 0.343 e. The third-order valence-corrected chi connectivity index (χ3v) is 2.47. The van der Waals surface area contributed by atoms with Gasteiger partial charge >= 0.3 is 5.69 Å². The Bertz CT molecular complexity index is 405. The van der Waals surface area contributed by atoms with Gasteiger partial charge in [0.1, 0.15) is 5.82 Å². The number of halogens is 1. The second-order valence-electron chi connectivity index (χ2n) is 4.80. The number of rotatable bonds is 2. The van der Waals surface area contributed by atoms with E-state index in [-0.39, 0.29) is 23.6 Å². The molecule has 0 fully saturated rings. The van der Waals surface area contributed by atoms with Crippen molar-refractivity contribution in [3.8, 4) is 0 Å². The van der Waals surface area contributed by atoms with Gasteiger partial charge in [-0.05, 0) is 13.8 Å². The van der Waals surface area contributed by atoms with E-state index in [0.29, 0.717) is 13.1 Å². The molecule has 0 bridgehead atoms. The number of nitrogens with two attached hydrogens (primary N) is 1. The van der Waals surface area contributed by atoms with E-state index in [1.807, 2.05) is 13.8 Å². The van der Waals surface area contributed by atoms with Gasteiger partial charge < -0.3 is 5.73 Å². The van der Waals surface area contributed by atoms with E-state index in [2.05, 4.69) is 15.1 Å². The van der Waals surface area contributed by atoms with Crippen molar-refractivity contribution in [3.05, 3.63) is 16.3 Å². The minimum atomic E-state index is -0.210. The molecule has 0 saturated carbocycles. The van der Waals surface area contributed by atoms with E-state index in [1.54, 1.807) is 4.57 Å². The van der Waals surface area contributed by atoms with Gasteiger partial charge in [-0.2, -0.15) is 5.10 Å². The van der Waals surface area contributed by atoms with Crippen LogP contribution in [0.4, 0.5) is 0 Å². The molecule has 3 N–H and O–H groups in total.